The van der Waals surface area contributed by atoms with Crippen molar-refractivity contribution in [3.63, 3.8) is 0 Å². The van der Waals surface area contributed by atoms with Crippen molar-refractivity contribution < 1.29 is 13.8 Å². The number of carbonyl (C=O) groups excluding carboxylic acids is 2. The highest BCUT2D eigenvalue weighted by Gasteiger charge is 2.59. The zero-order chi connectivity index (χ0) is 15.3. The minimum Gasteiger partial charge on any atom is -0.344 e. The Morgan fingerprint density at radius 1 is 1.38 bits per heavy atom. The molecular formula is C15H24N2O3S. The SMILES string of the molecule is CCCCC/C=C\C1CC1(NC=O)C(=O)NS(=O)C1CC1. The molecule has 0 aromatic carbocycles. The largest absolute Gasteiger partial charge is 0.344 e. The van der Waals surface area contributed by atoms with E-state index >= 15 is 0 Å². The van der Waals surface area contributed by atoms with E-state index in [4.69, 9.17) is 0 Å². The van der Waals surface area contributed by atoms with Crippen LogP contribution in [0, 0.1) is 5.92 Å². The number of amides is 2. The van der Waals surface area contributed by atoms with Crippen molar-refractivity contribution in [2.75, 3.05) is 0 Å². The molecule has 2 aliphatic carbocycles. The van der Waals surface area contributed by atoms with Gasteiger partial charge in [-0.15, -0.1) is 0 Å². The van der Waals surface area contributed by atoms with Gasteiger partial charge in [-0.05, 0) is 32.1 Å². The van der Waals surface area contributed by atoms with Crippen LogP contribution in [0.5, 0.6) is 0 Å². The number of hydrogen-bond donors (Lipinski definition) is 2. The third-order valence-electron chi connectivity index (χ3n) is 4.10. The third kappa shape index (κ3) is 4.15. The predicted molar refractivity (Wildman–Crippen MR) is 82.6 cm³/mol. The zero-order valence-electron chi connectivity index (χ0n) is 12.5. The Hall–Kier alpha value is -1.17. The quantitative estimate of drug-likeness (QED) is 0.365. The lowest BCUT2D eigenvalue weighted by Crippen LogP contribution is -2.48. The maximum Gasteiger partial charge on any atom is 0.258 e. The maximum atomic E-state index is 12.2. The number of unbranched alkanes of at least 4 members (excludes halogenated alkanes) is 3. The Morgan fingerprint density at radius 2 is 2.14 bits per heavy atom. The van der Waals surface area contributed by atoms with E-state index in [1.54, 1.807) is 0 Å². The lowest BCUT2D eigenvalue weighted by atomic mass is 10.1. The van der Waals surface area contributed by atoms with Gasteiger partial charge in [0.05, 0.1) is 5.25 Å². The first kappa shape index (κ1) is 16.2. The van der Waals surface area contributed by atoms with Crippen LogP contribution >= 0.6 is 0 Å². The fourth-order valence-electron chi connectivity index (χ4n) is 2.44. The van der Waals surface area contributed by atoms with Crippen LogP contribution in [0.15, 0.2) is 12.2 Å². The first-order valence-electron chi connectivity index (χ1n) is 7.73. The summed E-state index contributed by atoms with van der Waals surface area (Å²) in [6, 6.07) is 0. The summed E-state index contributed by atoms with van der Waals surface area (Å²) in [4.78, 5) is 23.0. The van der Waals surface area contributed by atoms with E-state index in [1.165, 1.54) is 12.8 Å². The van der Waals surface area contributed by atoms with Gasteiger partial charge < -0.3 is 5.32 Å². The minimum absolute atomic E-state index is 0.0144. The summed E-state index contributed by atoms with van der Waals surface area (Å²) in [5, 5.41) is 2.72. The Morgan fingerprint density at radius 3 is 2.76 bits per heavy atom. The highest BCUT2D eigenvalue weighted by Crippen LogP contribution is 2.45. The molecule has 0 heterocycles. The van der Waals surface area contributed by atoms with Crippen LogP contribution in [0.2, 0.25) is 0 Å². The Labute approximate surface area is 128 Å². The maximum absolute atomic E-state index is 12.2. The lowest BCUT2D eigenvalue weighted by molar-refractivity contribution is -0.125. The molecule has 0 saturated heterocycles. The molecule has 0 spiro atoms. The number of nitrogens with one attached hydrogen (secondary N) is 2. The van der Waals surface area contributed by atoms with Crippen molar-refractivity contribution in [1.29, 1.82) is 0 Å². The molecule has 0 aliphatic heterocycles. The molecular weight excluding hydrogens is 288 g/mol. The Bertz CT molecular complexity index is 448. The standard InChI is InChI=1S/C15H24N2O3S/c1-2-3-4-5-6-7-12-10-15(12,16-11-18)14(19)17-21(20)13-8-9-13/h6-7,11-13H,2-5,8-10H2,1H3,(H,16,18)(H,17,19)/b7-6-. The van der Waals surface area contributed by atoms with Crippen LogP contribution in [0.25, 0.3) is 0 Å². The fraction of sp³-hybridized carbons (Fsp3) is 0.733. The van der Waals surface area contributed by atoms with Gasteiger partial charge in [0, 0.05) is 5.92 Å². The molecule has 2 N–H and O–H groups in total. The highest BCUT2D eigenvalue weighted by molar-refractivity contribution is 7.84. The van der Waals surface area contributed by atoms with Crippen LogP contribution in [-0.4, -0.2) is 27.3 Å². The number of allylic oxidation sites excluding steroid dienone is 1. The molecule has 0 aromatic heterocycles. The van der Waals surface area contributed by atoms with Gasteiger partial charge in [-0.25, -0.2) is 4.21 Å². The first-order valence-corrected chi connectivity index (χ1v) is 8.95. The highest BCUT2D eigenvalue weighted by atomic mass is 32.2. The summed E-state index contributed by atoms with van der Waals surface area (Å²) >= 11 is 0. The van der Waals surface area contributed by atoms with Crippen molar-refractivity contribution in [2.24, 2.45) is 5.92 Å². The summed E-state index contributed by atoms with van der Waals surface area (Å²) in [6.45, 7) is 2.16. The molecule has 118 valence electrons. The van der Waals surface area contributed by atoms with Crippen molar-refractivity contribution in [1.82, 2.24) is 10.0 Å². The third-order valence-corrected chi connectivity index (χ3v) is 5.56. The van der Waals surface area contributed by atoms with Gasteiger partial charge in [-0.1, -0.05) is 31.9 Å². The zero-order valence-corrected chi connectivity index (χ0v) is 13.3. The summed E-state index contributed by atoms with van der Waals surface area (Å²) in [7, 11) is -1.31. The topological polar surface area (TPSA) is 75.3 Å². The summed E-state index contributed by atoms with van der Waals surface area (Å²) in [5.74, 6) is -0.302. The molecule has 21 heavy (non-hydrogen) atoms. The summed E-state index contributed by atoms with van der Waals surface area (Å²) in [6.07, 6.45) is 11.6. The number of rotatable bonds is 10. The molecule has 2 rings (SSSR count). The second-order valence-corrected chi connectivity index (χ2v) is 7.36. The van der Waals surface area contributed by atoms with Crippen molar-refractivity contribution in [3.05, 3.63) is 12.2 Å². The van der Waals surface area contributed by atoms with Crippen LogP contribution in [0.4, 0.5) is 0 Å². The van der Waals surface area contributed by atoms with Gasteiger partial charge in [-0.2, -0.15) is 0 Å². The Balaban J connectivity index is 1.85. The average Bonchev–Trinajstić information content (AvgIpc) is 3.34. The second-order valence-electron chi connectivity index (χ2n) is 5.90. The lowest BCUT2D eigenvalue weighted by Gasteiger charge is -2.15. The van der Waals surface area contributed by atoms with E-state index in [1.807, 2.05) is 6.08 Å². The van der Waals surface area contributed by atoms with Gasteiger partial charge in [0.15, 0.2) is 0 Å². The molecule has 2 fully saturated rings. The van der Waals surface area contributed by atoms with E-state index in [-0.39, 0.29) is 17.1 Å². The van der Waals surface area contributed by atoms with Crippen molar-refractivity contribution in [2.45, 2.75) is 62.7 Å². The van der Waals surface area contributed by atoms with Crippen LogP contribution in [-0.2, 0) is 20.6 Å². The van der Waals surface area contributed by atoms with Gasteiger partial charge in [0.2, 0.25) is 6.41 Å². The van der Waals surface area contributed by atoms with Crippen molar-refractivity contribution in [3.8, 4) is 0 Å². The molecule has 5 nitrogen and oxygen atoms in total. The van der Waals surface area contributed by atoms with Gasteiger partial charge in [-0.3, -0.25) is 14.3 Å². The first-order chi connectivity index (χ1) is 10.1. The molecule has 6 heteroatoms. The molecule has 2 aliphatic rings. The van der Waals surface area contributed by atoms with Gasteiger partial charge in [0.25, 0.3) is 5.91 Å². The average molecular weight is 312 g/mol. The van der Waals surface area contributed by atoms with Crippen molar-refractivity contribution >= 4 is 23.3 Å². The number of carbonyl (C=O) groups is 2. The molecule has 3 atom stereocenters. The molecule has 3 unspecified atom stereocenters. The summed E-state index contributed by atoms with van der Waals surface area (Å²) in [5.41, 5.74) is -0.881. The molecule has 0 aromatic rings. The fourth-order valence-corrected chi connectivity index (χ4v) is 3.53. The van der Waals surface area contributed by atoms with E-state index in [2.05, 4.69) is 23.0 Å². The van der Waals surface area contributed by atoms with Gasteiger partial charge in [0.1, 0.15) is 16.5 Å². The van der Waals surface area contributed by atoms with Crippen LogP contribution < -0.4 is 10.0 Å². The van der Waals surface area contributed by atoms with Crippen LogP contribution in [0.3, 0.4) is 0 Å². The molecule has 2 saturated carbocycles. The second kappa shape index (κ2) is 7.20. The van der Waals surface area contributed by atoms with Crippen LogP contribution in [0.1, 0.15) is 51.9 Å². The summed E-state index contributed by atoms with van der Waals surface area (Å²) < 4.78 is 14.3. The minimum atomic E-state index is -1.31. The van der Waals surface area contributed by atoms with E-state index in [0.717, 1.165) is 25.7 Å². The number of hydrogen-bond acceptors (Lipinski definition) is 3. The van der Waals surface area contributed by atoms with E-state index in [0.29, 0.717) is 12.8 Å². The monoisotopic (exact) mass is 312 g/mol. The van der Waals surface area contributed by atoms with Gasteiger partial charge >= 0.3 is 0 Å². The molecule has 2 amide bonds. The predicted octanol–water partition coefficient (Wildman–Crippen LogP) is 1.57. The smallest absolute Gasteiger partial charge is 0.258 e. The van der Waals surface area contributed by atoms with E-state index < -0.39 is 16.5 Å². The molecule has 0 radical (unpaired) electrons. The Kier molecular flexibility index (Phi) is 5.56. The molecule has 0 bridgehead atoms. The normalized spacial score (nSPS) is 29.1. The van der Waals surface area contributed by atoms with E-state index in [9.17, 15) is 13.8 Å².